The first-order valence-corrected chi connectivity index (χ1v) is 6.39. The van der Waals surface area contributed by atoms with Crippen molar-refractivity contribution in [2.24, 2.45) is 7.05 Å². The Balaban J connectivity index is 2.07. The van der Waals surface area contributed by atoms with E-state index in [1.165, 1.54) is 29.7 Å². The maximum atomic E-state index is 4.80. The minimum Gasteiger partial charge on any atom is -0.331 e. The van der Waals surface area contributed by atoms with Crippen LogP contribution in [0.15, 0.2) is 18.2 Å². The van der Waals surface area contributed by atoms with Gasteiger partial charge in [-0.3, -0.25) is 0 Å². The van der Waals surface area contributed by atoms with Gasteiger partial charge in [0.15, 0.2) is 0 Å². The van der Waals surface area contributed by atoms with Crippen molar-refractivity contribution in [2.75, 3.05) is 13.1 Å². The molecule has 1 aliphatic rings. The average Bonchev–Trinajstić information content (AvgIpc) is 2.68. The number of fused-ring (bicyclic) bond motifs is 1. The fraction of sp³-hybridized carbons (Fsp3) is 0.500. The molecule has 17 heavy (non-hydrogen) atoms. The first-order valence-electron chi connectivity index (χ1n) is 6.39. The van der Waals surface area contributed by atoms with E-state index in [9.17, 15) is 0 Å². The number of rotatable bonds is 1. The van der Waals surface area contributed by atoms with Gasteiger partial charge in [-0.2, -0.15) is 0 Å². The second kappa shape index (κ2) is 4.15. The van der Waals surface area contributed by atoms with E-state index < -0.39 is 0 Å². The summed E-state index contributed by atoms with van der Waals surface area (Å²) in [4.78, 5) is 4.80. The zero-order valence-electron chi connectivity index (χ0n) is 10.5. The average molecular weight is 229 g/mol. The zero-order valence-corrected chi connectivity index (χ0v) is 10.5. The van der Waals surface area contributed by atoms with Crippen molar-refractivity contribution < 1.29 is 0 Å². The molecule has 3 nitrogen and oxygen atoms in total. The van der Waals surface area contributed by atoms with Crippen LogP contribution in [0.5, 0.6) is 0 Å². The number of piperidine rings is 1. The van der Waals surface area contributed by atoms with Gasteiger partial charge in [-0.05, 0) is 44.0 Å². The topological polar surface area (TPSA) is 29.9 Å². The maximum absolute atomic E-state index is 4.80. The molecule has 3 rings (SSSR count). The van der Waals surface area contributed by atoms with Gasteiger partial charge in [0.05, 0.1) is 11.0 Å². The Bertz CT molecular complexity index is 536. The first-order chi connectivity index (χ1) is 8.25. The van der Waals surface area contributed by atoms with E-state index in [1.54, 1.807) is 0 Å². The van der Waals surface area contributed by atoms with Crippen LogP contribution in [0.3, 0.4) is 0 Å². The van der Waals surface area contributed by atoms with Crippen LogP contribution in [-0.4, -0.2) is 22.6 Å². The fourth-order valence-corrected chi connectivity index (χ4v) is 2.76. The summed E-state index contributed by atoms with van der Waals surface area (Å²) in [6, 6.07) is 6.49. The molecule has 1 atom stereocenters. The molecule has 0 aliphatic carbocycles. The maximum Gasteiger partial charge on any atom is 0.114 e. The van der Waals surface area contributed by atoms with Crippen LogP contribution in [0.1, 0.15) is 30.1 Å². The molecule has 90 valence electrons. The Kier molecular flexibility index (Phi) is 2.63. The van der Waals surface area contributed by atoms with E-state index in [-0.39, 0.29) is 0 Å². The molecule has 1 aromatic heterocycles. The molecular formula is C14H19N3. The Morgan fingerprint density at radius 1 is 1.41 bits per heavy atom. The van der Waals surface area contributed by atoms with Crippen LogP contribution < -0.4 is 5.32 Å². The highest BCUT2D eigenvalue weighted by Gasteiger charge is 2.20. The molecule has 2 heterocycles. The molecule has 0 amide bonds. The molecule has 1 aliphatic heterocycles. The molecule has 1 fully saturated rings. The molecule has 1 aromatic carbocycles. The number of hydrogen-bond donors (Lipinski definition) is 1. The number of imidazole rings is 1. The van der Waals surface area contributed by atoms with Crippen LogP contribution in [0.25, 0.3) is 11.0 Å². The smallest absolute Gasteiger partial charge is 0.114 e. The number of aromatic nitrogens is 2. The number of benzene rings is 1. The van der Waals surface area contributed by atoms with Gasteiger partial charge >= 0.3 is 0 Å². The second-order valence-electron chi connectivity index (χ2n) is 5.06. The zero-order chi connectivity index (χ0) is 11.8. The summed E-state index contributed by atoms with van der Waals surface area (Å²) in [5.41, 5.74) is 3.68. The summed E-state index contributed by atoms with van der Waals surface area (Å²) in [6.07, 6.45) is 2.51. The van der Waals surface area contributed by atoms with E-state index in [0.29, 0.717) is 5.92 Å². The predicted molar refractivity (Wildman–Crippen MR) is 70.3 cm³/mol. The Morgan fingerprint density at radius 3 is 3.06 bits per heavy atom. The van der Waals surface area contributed by atoms with Gasteiger partial charge in [-0.1, -0.05) is 6.07 Å². The molecular weight excluding hydrogens is 210 g/mol. The Labute approximate surface area is 102 Å². The van der Waals surface area contributed by atoms with E-state index in [1.807, 2.05) is 0 Å². The lowest BCUT2D eigenvalue weighted by molar-refractivity contribution is 0.440. The van der Waals surface area contributed by atoms with E-state index in [0.717, 1.165) is 18.6 Å². The monoisotopic (exact) mass is 229 g/mol. The van der Waals surface area contributed by atoms with Crippen molar-refractivity contribution >= 4 is 11.0 Å². The van der Waals surface area contributed by atoms with Crippen LogP contribution >= 0.6 is 0 Å². The summed E-state index contributed by atoms with van der Waals surface area (Å²) in [5.74, 6) is 1.80. The molecule has 0 saturated carbocycles. The van der Waals surface area contributed by atoms with Gasteiger partial charge in [0.1, 0.15) is 5.82 Å². The van der Waals surface area contributed by atoms with Crippen molar-refractivity contribution in [3.05, 3.63) is 29.6 Å². The lowest BCUT2D eigenvalue weighted by atomic mass is 9.99. The molecule has 1 N–H and O–H groups in total. The minimum atomic E-state index is 0.571. The lowest BCUT2D eigenvalue weighted by Crippen LogP contribution is -2.29. The molecule has 0 bridgehead atoms. The quantitative estimate of drug-likeness (QED) is 0.813. The van der Waals surface area contributed by atoms with Crippen molar-refractivity contribution in [1.82, 2.24) is 14.9 Å². The van der Waals surface area contributed by atoms with E-state index >= 15 is 0 Å². The highest BCUT2D eigenvalue weighted by Crippen LogP contribution is 2.26. The van der Waals surface area contributed by atoms with Gasteiger partial charge in [0.25, 0.3) is 0 Å². The van der Waals surface area contributed by atoms with E-state index in [4.69, 9.17) is 4.98 Å². The number of nitrogens with one attached hydrogen (secondary N) is 1. The summed E-state index contributed by atoms with van der Waals surface area (Å²) in [7, 11) is 2.14. The summed E-state index contributed by atoms with van der Waals surface area (Å²) in [5, 5.41) is 3.46. The molecule has 2 aromatic rings. The van der Waals surface area contributed by atoms with Crippen molar-refractivity contribution in [3.63, 3.8) is 0 Å². The van der Waals surface area contributed by atoms with Crippen molar-refractivity contribution in [1.29, 1.82) is 0 Å². The molecule has 1 saturated heterocycles. The normalized spacial score (nSPS) is 20.9. The van der Waals surface area contributed by atoms with Crippen LogP contribution in [-0.2, 0) is 7.05 Å². The minimum absolute atomic E-state index is 0.571. The third-order valence-electron chi connectivity index (χ3n) is 3.73. The standard InChI is InChI=1S/C14H19N3/c1-10-5-6-12-13(8-10)17(2)14(16-12)11-4-3-7-15-9-11/h5-6,8,11,15H,3-4,7,9H2,1-2H3. The van der Waals surface area contributed by atoms with Crippen molar-refractivity contribution in [2.45, 2.75) is 25.7 Å². The summed E-state index contributed by atoms with van der Waals surface area (Å²) < 4.78 is 2.26. The molecule has 1 unspecified atom stereocenters. The fourth-order valence-electron chi connectivity index (χ4n) is 2.76. The van der Waals surface area contributed by atoms with Gasteiger partial charge < -0.3 is 9.88 Å². The Hall–Kier alpha value is -1.35. The third kappa shape index (κ3) is 1.84. The molecule has 0 spiro atoms. The highest BCUT2D eigenvalue weighted by atomic mass is 15.1. The predicted octanol–water partition coefficient (Wildman–Crippen LogP) is 2.35. The molecule has 3 heteroatoms. The second-order valence-corrected chi connectivity index (χ2v) is 5.06. The largest absolute Gasteiger partial charge is 0.331 e. The Morgan fingerprint density at radius 2 is 2.29 bits per heavy atom. The van der Waals surface area contributed by atoms with Gasteiger partial charge in [-0.25, -0.2) is 4.98 Å². The van der Waals surface area contributed by atoms with E-state index in [2.05, 4.69) is 42.1 Å². The summed E-state index contributed by atoms with van der Waals surface area (Å²) in [6.45, 7) is 4.35. The number of aryl methyl sites for hydroxylation is 2. The summed E-state index contributed by atoms with van der Waals surface area (Å²) >= 11 is 0. The first kappa shape index (κ1) is 10.8. The SMILES string of the molecule is Cc1ccc2nc(C3CCCNC3)n(C)c2c1. The van der Waals surface area contributed by atoms with Gasteiger partial charge in [0.2, 0.25) is 0 Å². The van der Waals surface area contributed by atoms with Crippen LogP contribution in [0.4, 0.5) is 0 Å². The third-order valence-corrected chi connectivity index (χ3v) is 3.73. The highest BCUT2D eigenvalue weighted by molar-refractivity contribution is 5.76. The number of hydrogen-bond acceptors (Lipinski definition) is 2. The lowest BCUT2D eigenvalue weighted by Gasteiger charge is -2.22. The van der Waals surface area contributed by atoms with Gasteiger partial charge in [0, 0.05) is 19.5 Å². The van der Waals surface area contributed by atoms with Crippen LogP contribution in [0, 0.1) is 6.92 Å². The van der Waals surface area contributed by atoms with Gasteiger partial charge in [-0.15, -0.1) is 0 Å². The van der Waals surface area contributed by atoms with Crippen LogP contribution in [0.2, 0.25) is 0 Å². The molecule has 0 radical (unpaired) electrons. The number of nitrogens with zero attached hydrogens (tertiary/aromatic N) is 2. The van der Waals surface area contributed by atoms with Crippen molar-refractivity contribution in [3.8, 4) is 0 Å².